The van der Waals surface area contributed by atoms with E-state index in [1.807, 2.05) is 56.3 Å². The van der Waals surface area contributed by atoms with Crippen LogP contribution in [0.5, 0.6) is 5.75 Å². The van der Waals surface area contributed by atoms with E-state index in [0.29, 0.717) is 18.2 Å². The van der Waals surface area contributed by atoms with Crippen molar-refractivity contribution in [3.05, 3.63) is 42.5 Å². The van der Waals surface area contributed by atoms with Gasteiger partial charge in [0.1, 0.15) is 5.75 Å². The highest BCUT2D eigenvalue weighted by molar-refractivity contribution is 8.00. The van der Waals surface area contributed by atoms with Gasteiger partial charge in [0.2, 0.25) is 11.8 Å². The summed E-state index contributed by atoms with van der Waals surface area (Å²) < 4.78 is 6.49. The number of carbonyl (C=O) groups is 2. The van der Waals surface area contributed by atoms with E-state index in [1.165, 1.54) is 23.1 Å². The van der Waals surface area contributed by atoms with Crippen molar-refractivity contribution in [3.8, 4) is 5.75 Å². The number of benzene rings is 2. The molecule has 0 aliphatic rings. The molecule has 3 aromatic rings. The fraction of sp³-hybridized carbons (Fsp3) is 0.348. The van der Waals surface area contributed by atoms with Crippen molar-refractivity contribution in [3.63, 3.8) is 0 Å². The molecule has 8 heteroatoms. The number of amides is 2. The van der Waals surface area contributed by atoms with Crippen molar-refractivity contribution in [1.82, 2.24) is 4.98 Å². The number of rotatable bonds is 10. The lowest BCUT2D eigenvalue weighted by molar-refractivity contribution is -0.116. The van der Waals surface area contributed by atoms with Crippen molar-refractivity contribution < 1.29 is 14.3 Å². The summed E-state index contributed by atoms with van der Waals surface area (Å²) in [6, 6.07) is 13.3. The lowest BCUT2D eigenvalue weighted by Crippen LogP contribution is -2.22. The van der Waals surface area contributed by atoms with E-state index in [2.05, 4.69) is 22.5 Å². The minimum Gasteiger partial charge on any atom is -0.494 e. The Hall–Kier alpha value is -2.58. The summed E-state index contributed by atoms with van der Waals surface area (Å²) in [5, 5.41) is 6.07. The van der Waals surface area contributed by atoms with E-state index in [4.69, 9.17) is 4.74 Å². The van der Waals surface area contributed by atoms with Gasteiger partial charge in [0.25, 0.3) is 0 Å². The maximum Gasteiger partial charge on any atom is 0.239 e. The first-order valence-electron chi connectivity index (χ1n) is 10.4. The van der Waals surface area contributed by atoms with E-state index in [-0.39, 0.29) is 17.1 Å². The summed E-state index contributed by atoms with van der Waals surface area (Å²) in [6.45, 7) is 6.46. The average molecular weight is 458 g/mol. The van der Waals surface area contributed by atoms with E-state index in [0.717, 1.165) is 39.4 Å². The smallest absolute Gasteiger partial charge is 0.239 e. The zero-order chi connectivity index (χ0) is 22.2. The summed E-state index contributed by atoms with van der Waals surface area (Å²) in [4.78, 5) is 30.0. The number of unbranched alkanes of at least 4 members (excludes halogenated alkanes) is 1. The van der Waals surface area contributed by atoms with Crippen LogP contribution in [0.15, 0.2) is 47.4 Å². The van der Waals surface area contributed by atoms with Gasteiger partial charge in [0, 0.05) is 17.0 Å². The second-order valence-electron chi connectivity index (χ2n) is 7.01. The van der Waals surface area contributed by atoms with Crippen LogP contribution in [0, 0.1) is 0 Å². The van der Waals surface area contributed by atoms with Crippen molar-refractivity contribution in [2.45, 2.75) is 50.2 Å². The maximum atomic E-state index is 12.7. The Morgan fingerprint density at radius 2 is 2.00 bits per heavy atom. The summed E-state index contributed by atoms with van der Waals surface area (Å²) in [6.07, 6.45) is 2.37. The molecule has 0 bridgehead atoms. The molecule has 0 saturated heterocycles. The number of nitrogens with zero attached hydrogens (tertiary/aromatic N) is 1. The van der Waals surface area contributed by atoms with Crippen LogP contribution >= 0.6 is 23.1 Å². The van der Waals surface area contributed by atoms with Crippen molar-refractivity contribution in [2.75, 3.05) is 17.2 Å². The Kier molecular flexibility index (Phi) is 8.31. The molecule has 1 unspecified atom stereocenters. The molecule has 1 aromatic heterocycles. The number of hydrogen-bond acceptors (Lipinski definition) is 6. The molecule has 1 atom stereocenters. The second-order valence-corrected chi connectivity index (χ2v) is 9.46. The molecule has 0 fully saturated rings. The Labute approximate surface area is 190 Å². The van der Waals surface area contributed by atoms with Crippen LogP contribution in [0.2, 0.25) is 0 Å². The molecule has 2 N–H and O–H groups in total. The minimum absolute atomic E-state index is 0.0121. The lowest BCUT2D eigenvalue weighted by atomic mass is 10.2. The molecule has 3 rings (SSSR count). The fourth-order valence-electron chi connectivity index (χ4n) is 2.89. The molecule has 2 amide bonds. The highest BCUT2D eigenvalue weighted by Gasteiger charge is 2.17. The van der Waals surface area contributed by atoms with Gasteiger partial charge >= 0.3 is 0 Å². The lowest BCUT2D eigenvalue weighted by Gasteiger charge is -2.12. The normalized spacial score (nSPS) is 11.8. The highest BCUT2D eigenvalue weighted by Crippen LogP contribution is 2.31. The van der Waals surface area contributed by atoms with E-state index in [1.54, 1.807) is 0 Å². The van der Waals surface area contributed by atoms with Crippen LogP contribution in [0.3, 0.4) is 0 Å². The number of carbonyl (C=O) groups excluding carboxylic acids is 2. The molecule has 2 aromatic carbocycles. The third-order valence-electron chi connectivity index (χ3n) is 4.46. The largest absolute Gasteiger partial charge is 0.494 e. The zero-order valence-electron chi connectivity index (χ0n) is 17.9. The third-order valence-corrected chi connectivity index (χ3v) is 6.49. The zero-order valence-corrected chi connectivity index (χ0v) is 19.6. The molecule has 0 spiro atoms. The van der Waals surface area contributed by atoms with Gasteiger partial charge in [-0.05, 0) is 56.7 Å². The van der Waals surface area contributed by atoms with Gasteiger partial charge in [-0.1, -0.05) is 30.7 Å². The minimum atomic E-state index is -0.322. The SMILES string of the molecule is CCCCC(=O)Nc1cccc(SC(C)C(=O)Nc2nc3ccc(OCC)cc3s2)c1. The summed E-state index contributed by atoms with van der Waals surface area (Å²) in [5.74, 6) is 0.687. The van der Waals surface area contributed by atoms with Crippen LogP contribution in [0.1, 0.15) is 40.0 Å². The average Bonchev–Trinajstić information content (AvgIpc) is 3.14. The molecule has 0 aliphatic carbocycles. The Balaban J connectivity index is 1.60. The van der Waals surface area contributed by atoms with Crippen LogP contribution in [0.25, 0.3) is 10.2 Å². The number of aromatic nitrogens is 1. The molecular weight excluding hydrogens is 430 g/mol. The van der Waals surface area contributed by atoms with Crippen molar-refractivity contribution >= 4 is 55.9 Å². The quantitative estimate of drug-likeness (QED) is 0.368. The number of ether oxygens (including phenoxy) is 1. The second kappa shape index (κ2) is 11.2. The number of thiazole rings is 1. The molecule has 6 nitrogen and oxygen atoms in total. The molecule has 1 heterocycles. The van der Waals surface area contributed by atoms with Crippen LogP contribution in [0.4, 0.5) is 10.8 Å². The number of anilines is 2. The summed E-state index contributed by atoms with van der Waals surface area (Å²) in [7, 11) is 0. The Morgan fingerprint density at radius 3 is 2.77 bits per heavy atom. The monoisotopic (exact) mass is 457 g/mol. The third kappa shape index (κ3) is 6.70. The topological polar surface area (TPSA) is 80.3 Å². The molecule has 164 valence electrons. The van der Waals surface area contributed by atoms with E-state index < -0.39 is 0 Å². The van der Waals surface area contributed by atoms with Crippen molar-refractivity contribution in [1.29, 1.82) is 0 Å². The Bertz CT molecular complexity index is 1050. The first-order valence-corrected chi connectivity index (χ1v) is 12.1. The number of hydrogen-bond donors (Lipinski definition) is 2. The summed E-state index contributed by atoms with van der Waals surface area (Å²) in [5.41, 5.74) is 1.57. The van der Waals surface area contributed by atoms with Gasteiger partial charge in [-0.25, -0.2) is 4.98 Å². The predicted molar refractivity (Wildman–Crippen MR) is 129 cm³/mol. The first kappa shape index (κ1) is 23.1. The highest BCUT2D eigenvalue weighted by atomic mass is 32.2. The van der Waals surface area contributed by atoms with Crippen LogP contribution in [-0.4, -0.2) is 28.7 Å². The Morgan fingerprint density at radius 1 is 1.16 bits per heavy atom. The number of fused-ring (bicyclic) bond motifs is 1. The molecular formula is C23H27N3O3S2. The number of thioether (sulfide) groups is 1. The molecule has 0 aliphatic heterocycles. The molecule has 31 heavy (non-hydrogen) atoms. The van der Waals surface area contributed by atoms with Crippen LogP contribution in [-0.2, 0) is 9.59 Å². The number of nitrogens with one attached hydrogen (secondary N) is 2. The fourth-order valence-corrected chi connectivity index (χ4v) is 4.71. The standard InChI is InChI=1S/C23H27N3O3S2/c1-4-6-10-21(27)24-16-8-7-9-18(13-16)30-15(3)22(28)26-23-25-19-12-11-17(29-5-2)14-20(19)31-23/h7-9,11-15H,4-6,10H2,1-3H3,(H,24,27)(H,25,26,28). The first-order chi connectivity index (χ1) is 15.0. The molecule has 0 saturated carbocycles. The van der Waals surface area contributed by atoms with Gasteiger partial charge in [0.05, 0.1) is 22.1 Å². The van der Waals surface area contributed by atoms with E-state index in [9.17, 15) is 9.59 Å². The van der Waals surface area contributed by atoms with Gasteiger partial charge in [-0.15, -0.1) is 11.8 Å². The van der Waals surface area contributed by atoms with Crippen LogP contribution < -0.4 is 15.4 Å². The van der Waals surface area contributed by atoms with Gasteiger partial charge in [-0.3, -0.25) is 9.59 Å². The van der Waals surface area contributed by atoms with Gasteiger partial charge in [-0.2, -0.15) is 0 Å². The van der Waals surface area contributed by atoms with E-state index >= 15 is 0 Å². The summed E-state index contributed by atoms with van der Waals surface area (Å²) >= 11 is 2.86. The predicted octanol–water partition coefficient (Wildman–Crippen LogP) is 5.94. The van der Waals surface area contributed by atoms with Gasteiger partial charge in [0.15, 0.2) is 5.13 Å². The maximum absolute atomic E-state index is 12.7. The van der Waals surface area contributed by atoms with Crippen molar-refractivity contribution in [2.24, 2.45) is 0 Å². The van der Waals surface area contributed by atoms with Gasteiger partial charge < -0.3 is 15.4 Å². The molecule has 0 radical (unpaired) electrons.